The van der Waals surface area contributed by atoms with Crippen LogP contribution in [0.1, 0.15) is 24.6 Å². The molecule has 0 aliphatic carbocycles. The van der Waals surface area contributed by atoms with Crippen LogP contribution in [0.5, 0.6) is 0 Å². The molecule has 1 fully saturated rings. The first kappa shape index (κ1) is 10.2. The molecule has 2 aromatic heterocycles. The molecule has 0 atom stereocenters. The highest BCUT2D eigenvalue weighted by atomic mass is 79.9. The second-order valence-corrected chi connectivity index (χ2v) is 4.85. The molecule has 0 bridgehead atoms. The van der Waals surface area contributed by atoms with Crippen molar-refractivity contribution in [2.45, 2.75) is 18.8 Å². The molecule has 16 heavy (non-hydrogen) atoms. The van der Waals surface area contributed by atoms with Gasteiger partial charge in [0.15, 0.2) is 5.65 Å². The fourth-order valence-electron chi connectivity index (χ4n) is 2.14. The molecule has 3 rings (SSSR count). The van der Waals surface area contributed by atoms with E-state index in [0.717, 1.165) is 42.0 Å². The van der Waals surface area contributed by atoms with Crippen LogP contribution in [0.15, 0.2) is 22.8 Å². The number of ether oxygens (including phenoxy) is 1. The van der Waals surface area contributed by atoms with Crippen molar-refractivity contribution < 1.29 is 4.74 Å². The van der Waals surface area contributed by atoms with Gasteiger partial charge in [-0.1, -0.05) is 0 Å². The van der Waals surface area contributed by atoms with Crippen LogP contribution in [-0.2, 0) is 4.74 Å². The van der Waals surface area contributed by atoms with Crippen LogP contribution < -0.4 is 0 Å². The summed E-state index contributed by atoms with van der Waals surface area (Å²) in [6, 6.07) is 3.99. The number of fused-ring (bicyclic) bond motifs is 1. The van der Waals surface area contributed by atoms with E-state index in [4.69, 9.17) is 4.74 Å². The third-order valence-electron chi connectivity index (χ3n) is 3.00. The van der Waals surface area contributed by atoms with Crippen molar-refractivity contribution in [1.82, 2.24) is 14.6 Å². The number of rotatable bonds is 1. The van der Waals surface area contributed by atoms with Crippen LogP contribution in [0, 0.1) is 0 Å². The molecule has 1 saturated heterocycles. The fraction of sp³-hybridized carbons (Fsp3) is 0.455. The molecule has 84 valence electrons. The molecule has 5 heteroatoms. The predicted octanol–water partition coefficient (Wildman–Crippen LogP) is 2.39. The summed E-state index contributed by atoms with van der Waals surface area (Å²) in [6.07, 6.45) is 4.09. The molecule has 0 saturated carbocycles. The summed E-state index contributed by atoms with van der Waals surface area (Å²) in [5.41, 5.74) is 0.893. The summed E-state index contributed by atoms with van der Waals surface area (Å²) in [4.78, 5) is 0. The third-order valence-corrected chi connectivity index (χ3v) is 3.62. The zero-order chi connectivity index (χ0) is 11.0. The minimum Gasteiger partial charge on any atom is -0.381 e. The first-order chi connectivity index (χ1) is 7.86. The normalized spacial score (nSPS) is 18.1. The lowest BCUT2D eigenvalue weighted by atomic mass is 10.00. The van der Waals surface area contributed by atoms with E-state index in [1.165, 1.54) is 0 Å². The number of aromatic nitrogens is 3. The maximum atomic E-state index is 5.37. The Morgan fingerprint density at radius 3 is 2.94 bits per heavy atom. The molecule has 0 unspecified atom stereocenters. The van der Waals surface area contributed by atoms with Crippen molar-refractivity contribution in [2.75, 3.05) is 13.2 Å². The van der Waals surface area contributed by atoms with E-state index in [1.807, 2.05) is 18.3 Å². The summed E-state index contributed by atoms with van der Waals surface area (Å²) >= 11 is 3.49. The van der Waals surface area contributed by atoms with Crippen molar-refractivity contribution >= 4 is 21.6 Å². The Morgan fingerprint density at radius 2 is 2.12 bits per heavy atom. The summed E-state index contributed by atoms with van der Waals surface area (Å²) in [7, 11) is 0. The maximum Gasteiger partial charge on any atom is 0.175 e. The van der Waals surface area contributed by atoms with E-state index in [9.17, 15) is 0 Å². The zero-order valence-corrected chi connectivity index (χ0v) is 10.4. The average Bonchev–Trinajstić information content (AvgIpc) is 2.75. The fourth-order valence-corrected chi connectivity index (χ4v) is 2.56. The lowest BCUT2D eigenvalue weighted by Gasteiger charge is -2.20. The number of hydrogen-bond acceptors (Lipinski definition) is 3. The molecule has 3 heterocycles. The van der Waals surface area contributed by atoms with Gasteiger partial charge in [-0.25, -0.2) is 0 Å². The molecule has 0 spiro atoms. The minimum atomic E-state index is 0.470. The quantitative estimate of drug-likeness (QED) is 0.806. The van der Waals surface area contributed by atoms with Crippen molar-refractivity contribution in [1.29, 1.82) is 0 Å². The summed E-state index contributed by atoms with van der Waals surface area (Å²) in [6.45, 7) is 1.65. The van der Waals surface area contributed by atoms with E-state index < -0.39 is 0 Å². The van der Waals surface area contributed by atoms with Crippen molar-refractivity contribution in [3.63, 3.8) is 0 Å². The Bertz CT molecular complexity index is 505. The molecule has 1 aliphatic rings. The second-order valence-electron chi connectivity index (χ2n) is 3.99. The van der Waals surface area contributed by atoms with Gasteiger partial charge in [-0.05, 0) is 40.9 Å². The van der Waals surface area contributed by atoms with Crippen LogP contribution >= 0.6 is 15.9 Å². The Kier molecular flexibility index (Phi) is 2.65. The molecule has 0 amide bonds. The molecule has 0 radical (unpaired) electrons. The van der Waals surface area contributed by atoms with E-state index in [1.54, 1.807) is 0 Å². The Hall–Kier alpha value is -0.940. The van der Waals surface area contributed by atoms with Crippen molar-refractivity contribution in [3.8, 4) is 0 Å². The smallest absolute Gasteiger partial charge is 0.175 e. The Balaban J connectivity index is 2.06. The van der Waals surface area contributed by atoms with Gasteiger partial charge in [0.25, 0.3) is 0 Å². The highest BCUT2D eigenvalue weighted by Gasteiger charge is 2.21. The van der Waals surface area contributed by atoms with Gasteiger partial charge in [0.1, 0.15) is 5.82 Å². The highest BCUT2D eigenvalue weighted by Crippen LogP contribution is 2.27. The monoisotopic (exact) mass is 281 g/mol. The molecule has 0 aromatic carbocycles. The Morgan fingerprint density at radius 1 is 1.31 bits per heavy atom. The summed E-state index contributed by atoms with van der Waals surface area (Å²) in [5.74, 6) is 1.53. The van der Waals surface area contributed by atoms with Gasteiger partial charge < -0.3 is 4.74 Å². The largest absolute Gasteiger partial charge is 0.381 e. The van der Waals surface area contributed by atoms with Crippen molar-refractivity contribution in [3.05, 3.63) is 28.6 Å². The molecule has 1 aliphatic heterocycles. The van der Waals surface area contributed by atoms with Gasteiger partial charge in [-0.2, -0.15) is 0 Å². The number of hydrogen-bond donors (Lipinski definition) is 0. The summed E-state index contributed by atoms with van der Waals surface area (Å²) < 4.78 is 8.42. The van der Waals surface area contributed by atoms with E-state index in [0.29, 0.717) is 5.92 Å². The lowest BCUT2D eigenvalue weighted by molar-refractivity contribution is 0.0834. The van der Waals surface area contributed by atoms with E-state index in [2.05, 4.69) is 30.5 Å². The predicted molar refractivity (Wildman–Crippen MR) is 63.5 cm³/mol. The number of pyridine rings is 1. The van der Waals surface area contributed by atoms with Gasteiger partial charge in [0.2, 0.25) is 0 Å². The summed E-state index contributed by atoms with van der Waals surface area (Å²) in [5, 5.41) is 8.53. The first-order valence-corrected chi connectivity index (χ1v) is 6.22. The maximum absolute atomic E-state index is 5.37. The van der Waals surface area contributed by atoms with E-state index >= 15 is 0 Å². The SMILES string of the molecule is Brc1cccn2c(C3CCOCC3)nnc12. The molecule has 4 nitrogen and oxygen atoms in total. The highest BCUT2D eigenvalue weighted by molar-refractivity contribution is 9.10. The first-order valence-electron chi connectivity index (χ1n) is 5.43. The van der Waals surface area contributed by atoms with E-state index in [-0.39, 0.29) is 0 Å². The zero-order valence-electron chi connectivity index (χ0n) is 8.77. The number of nitrogens with zero attached hydrogens (tertiary/aromatic N) is 3. The van der Waals surface area contributed by atoms with Gasteiger partial charge in [-0.15, -0.1) is 10.2 Å². The third kappa shape index (κ3) is 1.64. The van der Waals surface area contributed by atoms with Crippen molar-refractivity contribution in [2.24, 2.45) is 0 Å². The van der Waals surface area contributed by atoms with Gasteiger partial charge >= 0.3 is 0 Å². The molecule has 0 N–H and O–H groups in total. The number of halogens is 1. The second kappa shape index (κ2) is 4.14. The van der Waals surface area contributed by atoms with Crippen LogP contribution in [-0.4, -0.2) is 27.8 Å². The van der Waals surface area contributed by atoms with Crippen LogP contribution in [0.25, 0.3) is 5.65 Å². The topological polar surface area (TPSA) is 39.4 Å². The van der Waals surface area contributed by atoms with Gasteiger partial charge in [0, 0.05) is 25.3 Å². The molecular weight excluding hydrogens is 270 g/mol. The average molecular weight is 282 g/mol. The van der Waals surface area contributed by atoms with Crippen LogP contribution in [0.3, 0.4) is 0 Å². The van der Waals surface area contributed by atoms with Gasteiger partial charge in [0.05, 0.1) is 4.47 Å². The standard InChI is InChI=1S/C11H12BrN3O/c12-9-2-1-5-15-10(13-14-11(9)15)8-3-6-16-7-4-8/h1-2,5,8H,3-4,6-7H2. The molecule has 2 aromatic rings. The molecular formula is C11H12BrN3O. The Labute approximate surface area is 102 Å². The minimum absolute atomic E-state index is 0.470. The van der Waals surface area contributed by atoms with Gasteiger partial charge in [-0.3, -0.25) is 4.40 Å². The lowest BCUT2D eigenvalue weighted by Crippen LogP contribution is -2.16. The van der Waals surface area contributed by atoms with Crippen LogP contribution in [0.4, 0.5) is 0 Å². The van der Waals surface area contributed by atoms with Crippen LogP contribution in [0.2, 0.25) is 0 Å².